The number of carbonyl (C=O) groups is 1. The minimum atomic E-state index is -0.310. The molecular formula is C16H13BrFNO. The average molecular weight is 334 g/mol. The van der Waals surface area contributed by atoms with Crippen molar-refractivity contribution in [3.05, 3.63) is 63.4 Å². The van der Waals surface area contributed by atoms with Gasteiger partial charge in [0, 0.05) is 28.7 Å². The summed E-state index contributed by atoms with van der Waals surface area (Å²) in [4.78, 5) is 12.3. The fraction of sp³-hybridized carbons (Fsp3) is 0.188. The minimum Gasteiger partial charge on any atom is -0.384 e. The van der Waals surface area contributed by atoms with Crippen LogP contribution < -0.4 is 5.32 Å². The third-order valence-electron chi connectivity index (χ3n) is 3.51. The SMILES string of the molecule is O=C(Cc1ccc(F)cc1Br)c1ccc2c(c1)NCC2. The molecule has 1 N–H and O–H groups in total. The van der Waals surface area contributed by atoms with E-state index in [4.69, 9.17) is 0 Å². The van der Waals surface area contributed by atoms with Crippen LogP contribution in [0.4, 0.5) is 10.1 Å². The Morgan fingerprint density at radius 1 is 1.25 bits per heavy atom. The molecule has 1 aliphatic rings. The van der Waals surface area contributed by atoms with Gasteiger partial charge in [-0.3, -0.25) is 4.79 Å². The van der Waals surface area contributed by atoms with Crippen molar-refractivity contribution in [3.63, 3.8) is 0 Å². The summed E-state index contributed by atoms with van der Waals surface area (Å²) in [6, 6.07) is 10.2. The second-order valence-corrected chi connectivity index (χ2v) is 5.74. The Bertz CT molecular complexity index is 684. The van der Waals surface area contributed by atoms with E-state index in [9.17, 15) is 9.18 Å². The summed E-state index contributed by atoms with van der Waals surface area (Å²) in [5.41, 5.74) is 3.79. The summed E-state index contributed by atoms with van der Waals surface area (Å²) in [7, 11) is 0. The zero-order valence-electron chi connectivity index (χ0n) is 10.7. The summed E-state index contributed by atoms with van der Waals surface area (Å²) < 4.78 is 13.7. The number of anilines is 1. The predicted molar refractivity (Wildman–Crippen MR) is 80.8 cm³/mol. The van der Waals surface area contributed by atoms with Gasteiger partial charge >= 0.3 is 0 Å². The van der Waals surface area contributed by atoms with Crippen LogP contribution in [0.15, 0.2) is 40.9 Å². The number of carbonyl (C=O) groups excluding carboxylic acids is 1. The Morgan fingerprint density at radius 2 is 2.10 bits per heavy atom. The summed E-state index contributed by atoms with van der Waals surface area (Å²) in [5.74, 6) is -0.274. The van der Waals surface area contributed by atoms with Crippen molar-refractivity contribution in [1.82, 2.24) is 0 Å². The van der Waals surface area contributed by atoms with Gasteiger partial charge in [0.2, 0.25) is 0 Å². The van der Waals surface area contributed by atoms with Crippen LogP contribution in [0.1, 0.15) is 21.5 Å². The molecule has 2 nitrogen and oxygen atoms in total. The summed E-state index contributed by atoms with van der Waals surface area (Å²) in [6.07, 6.45) is 1.27. The molecule has 0 saturated heterocycles. The standard InChI is InChI=1S/C16H13BrFNO/c17-14-9-13(18)4-3-11(14)8-16(20)12-2-1-10-5-6-19-15(10)7-12/h1-4,7,9,19H,5-6,8H2. The molecule has 4 heteroatoms. The molecule has 3 rings (SSSR count). The maximum atomic E-state index is 13.0. The Kier molecular flexibility index (Phi) is 3.57. The number of hydrogen-bond acceptors (Lipinski definition) is 2. The zero-order valence-corrected chi connectivity index (χ0v) is 12.3. The highest BCUT2D eigenvalue weighted by atomic mass is 79.9. The molecule has 0 spiro atoms. The molecular weight excluding hydrogens is 321 g/mol. The van der Waals surface area contributed by atoms with E-state index in [0.717, 1.165) is 24.2 Å². The molecule has 0 radical (unpaired) electrons. The first-order valence-electron chi connectivity index (χ1n) is 6.47. The van der Waals surface area contributed by atoms with Crippen molar-refractivity contribution in [2.75, 3.05) is 11.9 Å². The number of nitrogens with one attached hydrogen (secondary N) is 1. The third kappa shape index (κ3) is 2.61. The second-order valence-electron chi connectivity index (χ2n) is 4.88. The fourth-order valence-corrected chi connectivity index (χ4v) is 2.90. The molecule has 0 aromatic heterocycles. The lowest BCUT2D eigenvalue weighted by Gasteiger charge is -2.06. The first-order valence-corrected chi connectivity index (χ1v) is 7.27. The first kappa shape index (κ1) is 13.3. The van der Waals surface area contributed by atoms with Crippen molar-refractivity contribution in [1.29, 1.82) is 0 Å². The van der Waals surface area contributed by atoms with Gasteiger partial charge < -0.3 is 5.32 Å². The second kappa shape index (κ2) is 5.37. The summed E-state index contributed by atoms with van der Waals surface area (Å²) in [6.45, 7) is 0.927. The Morgan fingerprint density at radius 3 is 2.90 bits per heavy atom. The predicted octanol–water partition coefficient (Wildman–Crippen LogP) is 3.98. The Balaban J connectivity index is 1.82. The van der Waals surface area contributed by atoms with E-state index in [1.165, 1.54) is 17.7 Å². The monoisotopic (exact) mass is 333 g/mol. The van der Waals surface area contributed by atoms with Crippen molar-refractivity contribution in [2.45, 2.75) is 12.8 Å². The van der Waals surface area contributed by atoms with E-state index < -0.39 is 0 Å². The molecule has 2 aromatic carbocycles. The highest BCUT2D eigenvalue weighted by Crippen LogP contribution is 2.25. The van der Waals surface area contributed by atoms with Gasteiger partial charge in [-0.05, 0) is 35.7 Å². The van der Waals surface area contributed by atoms with Crippen LogP contribution in [0.2, 0.25) is 0 Å². The number of fused-ring (bicyclic) bond motifs is 1. The molecule has 102 valence electrons. The number of Topliss-reactive ketones (excluding diaryl/α,β-unsaturated/α-hetero) is 1. The van der Waals surface area contributed by atoms with Crippen molar-refractivity contribution >= 4 is 27.4 Å². The lowest BCUT2D eigenvalue weighted by atomic mass is 10.0. The molecule has 1 heterocycles. The maximum absolute atomic E-state index is 13.0. The number of rotatable bonds is 3. The van der Waals surface area contributed by atoms with E-state index in [-0.39, 0.29) is 18.0 Å². The molecule has 0 amide bonds. The highest BCUT2D eigenvalue weighted by Gasteiger charge is 2.14. The zero-order chi connectivity index (χ0) is 14.1. The van der Waals surface area contributed by atoms with Crippen LogP contribution in [0.3, 0.4) is 0 Å². The molecule has 0 bridgehead atoms. The molecule has 0 atom stereocenters. The van der Waals surface area contributed by atoms with Crippen LogP contribution in [0.5, 0.6) is 0 Å². The van der Waals surface area contributed by atoms with Gasteiger partial charge in [0.15, 0.2) is 5.78 Å². The molecule has 0 aliphatic carbocycles. The smallest absolute Gasteiger partial charge is 0.167 e. The van der Waals surface area contributed by atoms with Crippen LogP contribution >= 0.6 is 15.9 Å². The minimum absolute atomic E-state index is 0.0359. The van der Waals surface area contributed by atoms with E-state index in [1.54, 1.807) is 6.07 Å². The van der Waals surface area contributed by atoms with Crippen molar-refractivity contribution in [2.24, 2.45) is 0 Å². The maximum Gasteiger partial charge on any atom is 0.167 e. The van der Waals surface area contributed by atoms with Gasteiger partial charge in [0.25, 0.3) is 0 Å². The molecule has 0 saturated carbocycles. The van der Waals surface area contributed by atoms with Gasteiger partial charge in [0.05, 0.1) is 0 Å². The van der Waals surface area contributed by atoms with Crippen LogP contribution in [-0.4, -0.2) is 12.3 Å². The van der Waals surface area contributed by atoms with E-state index in [1.807, 2.05) is 18.2 Å². The molecule has 2 aromatic rings. The number of ketones is 1. The van der Waals surface area contributed by atoms with Gasteiger partial charge in [-0.1, -0.05) is 34.1 Å². The van der Waals surface area contributed by atoms with Crippen LogP contribution in [0.25, 0.3) is 0 Å². The molecule has 1 aliphatic heterocycles. The largest absolute Gasteiger partial charge is 0.384 e. The van der Waals surface area contributed by atoms with Crippen molar-refractivity contribution in [3.8, 4) is 0 Å². The van der Waals surface area contributed by atoms with Crippen LogP contribution in [0, 0.1) is 5.82 Å². The van der Waals surface area contributed by atoms with Gasteiger partial charge in [0.1, 0.15) is 5.82 Å². The molecule has 20 heavy (non-hydrogen) atoms. The normalized spacial score (nSPS) is 12.9. The van der Waals surface area contributed by atoms with Crippen molar-refractivity contribution < 1.29 is 9.18 Å². The van der Waals surface area contributed by atoms with Gasteiger partial charge in [-0.2, -0.15) is 0 Å². The fourth-order valence-electron chi connectivity index (χ4n) is 2.40. The number of hydrogen-bond donors (Lipinski definition) is 1. The summed E-state index contributed by atoms with van der Waals surface area (Å²) in [5, 5.41) is 3.27. The van der Waals surface area contributed by atoms with Crippen LogP contribution in [-0.2, 0) is 12.8 Å². The number of halogens is 2. The summed E-state index contributed by atoms with van der Waals surface area (Å²) >= 11 is 3.29. The average Bonchev–Trinajstić information content (AvgIpc) is 2.89. The lowest BCUT2D eigenvalue weighted by molar-refractivity contribution is 0.0993. The van der Waals surface area contributed by atoms with Gasteiger partial charge in [-0.25, -0.2) is 4.39 Å². The highest BCUT2D eigenvalue weighted by molar-refractivity contribution is 9.10. The lowest BCUT2D eigenvalue weighted by Crippen LogP contribution is -2.05. The third-order valence-corrected chi connectivity index (χ3v) is 4.25. The molecule has 0 fully saturated rings. The van der Waals surface area contributed by atoms with E-state index >= 15 is 0 Å². The van der Waals surface area contributed by atoms with E-state index in [0.29, 0.717) is 10.0 Å². The molecule has 0 unspecified atom stereocenters. The Hall–Kier alpha value is -1.68. The van der Waals surface area contributed by atoms with Gasteiger partial charge in [-0.15, -0.1) is 0 Å². The first-order chi connectivity index (χ1) is 9.63. The number of benzene rings is 2. The quantitative estimate of drug-likeness (QED) is 0.861. The topological polar surface area (TPSA) is 29.1 Å². The Labute approximate surface area is 125 Å². The van der Waals surface area contributed by atoms with E-state index in [2.05, 4.69) is 21.2 Å².